The van der Waals surface area contributed by atoms with E-state index < -0.39 is 5.97 Å². The van der Waals surface area contributed by atoms with Gasteiger partial charge in [-0.05, 0) is 36.6 Å². The summed E-state index contributed by atoms with van der Waals surface area (Å²) >= 11 is 1.77. The van der Waals surface area contributed by atoms with Crippen molar-refractivity contribution in [2.45, 2.75) is 30.6 Å². The lowest BCUT2D eigenvalue weighted by Gasteiger charge is -2.16. The molecule has 1 saturated heterocycles. The lowest BCUT2D eigenvalue weighted by atomic mass is 10.1. The summed E-state index contributed by atoms with van der Waals surface area (Å²) in [6, 6.07) is 10.2. The zero-order valence-corrected chi connectivity index (χ0v) is 12.8. The second kappa shape index (κ2) is 8.08. The molecule has 4 nitrogen and oxygen atoms in total. The molecule has 1 fully saturated rings. The van der Waals surface area contributed by atoms with Crippen LogP contribution >= 0.6 is 11.8 Å². The first kappa shape index (κ1) is 15.9. The van der Waals surface area contributed by atoms with Gasteiger partial charge in [-0.25, -0.2) is 0 Å². The van der Waals surface area contributed by atoms with Gasteiger partial charge in [-0.3, -0.25) is 9.59 Å². The summed E-state index contributed by atoms with van der Waals surface area (Å²) in [5.74, 6) is 0.456. The highest BCUT2D eigenvalue weighted by molar-refractivity contribution is 7.99. The van der Waals surface area contributed by atoms with E-state index in [9.17, 15) is 9.59 Å². The van der Waals surface area contributed by atoms with Gasteiger partial charge in [0.05, 0.1) is 0 Å². The highest BCUT2D eigenvalue weighted by atomic mass is 32.2. The maximum Gasteiger partial charge on any atom is 0.303 e. The van der Waals surface area contributed by atoms with Crippen LogP contribution in [0, 0.1) is 5.92 Å². The van der Waals surface area contributed by atoms with Crippen molar-refractivity contribution in [2.24, 2.45) is 5.92 Å². The quantitative estimate of drug-likeness (QED) is 0.621. The van der Waals surface area contributed by atoms with Crippen LogP contribution in [-0.2, 0) is 9.59 Å². The Balaban J connectivity index is 1.63. The highest BCUT2D eigenvalue weighted by Crippen LogP contribution is 2.22. The molecule has 114 valence electrons. The van der Waals surface area contributed by atoms with E-state index in [1.54, 1.807) is 11.8 Å². The molecular formula is C16H21NO3S. The summed E-state index contributed by atoms with van der Waals surface area (Å²) in [6.45, 7) is 1.32. The Morgan fingerprint density at radius 1 is 1.29 bits per heavy atom. The van der Waals surface area contributed by atoms with Gasteiger partial charge >= 0.3 is 5.97 Å². The Bertz CT molecular complexity index is 478. The Hall–Kier alpha value is -1.49. The fourth-order valence-corrected chi connectivity index (χ4v) is 3.43. The molecule has 0 spiro atoms. The fourth-order valence-electron chi connectivity index (χ4n) is 2.56. The zero-order valence-electron chi connectivity index (χ0n) is 12.0. The Labute approximate surface area is 129 Å². The van der Waals surface area contributed by atoms with E-state index in [-0.39, 0.29) is 18.2 Å². The van der Waals surface area contributed by atoms with E-state index >= 15 is 0 Å². The number of rotatable bonds is 7. The molecule has 1 amide bonds. The summed E-state index contributed by atoms with van der Waals surface area (Å²) in [6.07, 6.45) is 2.41. The van der Waals surface area contributed by atoms with Crippen LogP contribution in [0.1, 0.15) is 25.7 Å². The minimum absolute atomic E-state index is 0.130. The van der Waals surface area contributed by atoms with Crippen LogP contribution < -0.4 is 0 Å². The van der Waals surface area contributed by atoms with Crippen molar-refractivity contribution >= 4 is 23.6 Å². The number of hydrogen-bond donors (Lipinski definition) is 1. The van der Waals surface area contributed by atoms with E-state index in [2.05, 4.69) is 12.1 Å². The van der Waals surface area contributed by atoms with Gasteiger partial charge in [0.1, 0.15) is 0 Å². The van der Waals surface area contributed by atoms with Crippen LogP contribution in [0.25, 0.3) is 0 Å². The van der Waals surface area contributed by atoms with Gasteiger partial charge in [-0.1, -0.05) is 18.2 Å². The summed E-state index contributed by atoms with van der Waals surface area (Å²) < 4.78 is 0. The Kier molecular flexibility index (Phi) is 6.11. The van der Waals surface area contributed by atoms with E-state index in [1.165, 1.54) is 4.90 Å². The van der Waals surface area contributed by atoms with Crippen LogP contribution in [0.4, 0.5) is 0 Å². The van der Waals surface area contributed by atoms with Crippen molar-refractivity contribution < 1.29 is 14.7 Å². The highest BCUT2D eigenvalue weighted by Gasteiger charge is 2.27. The molecule has 1 N–H and O–H groups in total. The van der Waals surface area contributed by atoms with Gasteiger partial charge in [0, 0.05) is 30.8 Å². The standard InChI is InChI=1S/C16H21NO3S/c18-15(17-9-8-13(12-17)11-16(19)20)7-4-10-21-14-5-2-1-3-6-14/h1-3,5-6,13H,4,7-12H2,(H,19,20). The molecule has 2 rings (SSSR count). The molecule has 0 bridgehead atoms. The second-order valence-corrected chi connectivity index (χ2v) is 6.53. The predicted molar refractivity (Wildman–Crippen MR) is 83.3 cm³/mol. The first-order chi connectivity index (χ1) is 10.1. The van der Waals surface area contributed by atoms with Crippen LogP contribution in [0.15, 0.2) is 35.2 Å². The molecule has 21 heavy (non-hydrogen) atoms. The number of thioether (sulfide) groups is 1. The molecule has 1 atom stereocenters. The van der Waals surface area contributed by atoms with Crippen molar-refractivity contribution in [3.8, 4) is 0 Å². The maximum absolute atomic E-state index is 12.1. The minimum atomic E-state index is -0.770. The molecule has 0 aliphatic carbocycles. The van der Waals surface area contributed by atoms with Gasteiger partial charge in [-0.2, -0.15) is 0 Å². The molecule has 1 aromatic carbocycles. The number of carbonyl (C=O) groups excluding carboxylic acids is 1. The van der Waals surface area contributed by atoms with Crippen molar-refractivity contribution in [2.75, 3.05) is 18.8 Å². The molecular weight excluding hydrogens is 286 g/mol. The monoisotopic (exact) mass is 307 g/mol. The van der Waals surface area contributed by atoms with Gasteiger partial charge in [0.15, 0.2) is 0 Å². The van der Waals surface area contributed by atoms with Crippen molar-refractivity contribution in [1.82, 2.24) is 4.90 Å². The topological polar surface area (TPSA) is 57.6 Å². The largest absolute Gasteiger partial charge is 0.481 e. The average molecular weight is 307 g/mol. The molecule has 1 aliphatic rings. The molecule has 1 unspecified atom stereocenters. The van der Waals surface area contributed by atoms with Gasteiger partial charge in [0.25, 0.3) is 0 Å². The van der Waals surface area contributed by atoms with Crippen LogP contribution in [0.2, 0.25) is 0 Å². The predicted octanol–water partition coefficient (Wildman–Crippen LogP) is 2.88. The van der Waals surface area contributed by atoms with E-state index in [0.29, 0.717) is 19.5 Å². The molecule has 5 heteroatoms. The third-order valence-corrected chi connectivity index (χ3v) is 4.75. The van der Waals surface area contributed by atoms with E-state index in [1.807, 2.05) is 23.1 Å². The number of amides is 1. The summed E-state index contributed by atoms with van der Waals surface area (Å²) in [7, 11) is 0. The first-order valence-corrected chi connectivity index (χ1v) is 8.31. The minimum Gasteiger partial charge on any atom is -0.481 e. The molecule has 1 heterocycles. The molecule has 0 aromatic heterocycles. The van der Waals surface area contributed by atoms with Gasteiger partial charge < -0.3 is 10.0 Å². The summed E-state index contributed by atoms with van der Waals surface area (Å²) in [5, 5.41) is 8.77. The lowest BCUT2D eigenvalue weighted by Crippen LogP contribution is -2.28. The molecule has 1 aromatic rings. The summed E-state index contributed by atoms with van der Waals surface area (Å²) in [4.78, 5) is 25.8. The third kappa shape index (κ3) is 5.42. The molecule has 0 radical (unpaired) electrons. The smallest absolute Gasteiger partial charge is 0.303 e. The normalized spacial score (nSPS) is 17.9. The number of carbonyl (C=O) groups is 2. The Morgan fingerprint density at radius 2 is 2.05 bits per heavy atom. The van der Waals surface area contributed by atoms with Crippen molar-refractivity contribution in [3.63, 3.8) is 0 Å². The Morgan fingerprint density at radius 3 is 2.76 bits per heavy atom. The molecule has 1 aliphatic heterocycles. The number of carboxylic acids is 1. The number of benzene rings is 1. The van der Waals surface area contributed by atoms with Crippen molar-refractivity contribution in [1.29, 1.82) is 0 Å². The fraction of sp³-hybridized carbons (Fsp3) is 0.500. The van der Waals surface area contributed by atoms with Gasteiger partial charge in [-0.15, -0.1) is 11.8 Å². The van der Waals surface area contributed by atoms with Gasteiger partial charge in [0.2, 0.25) is 5.91 Å². The molecule has 0 saturated carbocycles. The van der Waals surface area contributed by atoms with Crippen LogP contribution in [0.5, 0.6) is 0 Å². The van der Waals surface area contributed by atoms with Crippen molar-refractivity contribution in [3.05, 3.63) is 30.3 Å². The maximum atomic E-state index is 12.1. The third-order valence-electron chi connectivity index (χ3n) is 3.65. The van der Waals surface area contributed by atoms with Crippen LogP contribution in [-0.4, -0.2) is 40.7 Å². The SMILES string of the molecule is O=C(O)CC1CCN(C(=O)CCCSc2ccccc2)C1. The second-order valence-electron chi connectivity index (χ2n) is 5.36. The van der Waals surface area contributed by atoms with Crippen LogP contribution in [0.3, 0.4) is 0 Å². The zero-order chi connectivity index (χ0) is 15.1. The number of carboxylic acid groups (broad SMARTS) is 1. The van der Waals surface area contributed by atoms with E-state index in [0.717, 1.165) is 18.6 Å². The lowest BCUT2D eigenvalue weighted by molar-refractivity contribution is -0.138. The summed E-state index contributed by atoms with van der Waals surface area (Å²) in [5.41, 5.74) is 0. The van der Waals surface area contributed by atoms with E-state index in [4.69, 9.17) is 5.11 Å². The number of hydrogen-bond acceptors (Lipinski definition) is 3. The average Bonchev–Trinajstić information content (AvgIpc) is 2.92. The first-order valence-electron chi connectivity index (χ1n) is 7.32. The number of likely N-dealkylation sites (tertiary alicyclic amines) is 1. The number of aliphatic carboxylic acids is 1. The number of nitrogens with zero attached hydrogens (tertiary/aromatic N) is 1.